The third-order valence-corrected chi connectivity index (χ3v) is 6.60. The average molecular weight is 545 g/mol. The maximum Gasteiger partial charge on any atom is 0.417 e. The van der Waals surface area contributed by atoms with Gasteiger partial charge in [0.2, 0.25) is 0 Å². The topological polar surface area (TPSA) is 65.0 Å². The van der Waals surface area contributed by atoms with Gasteiger partial charge in [-0.15, -0.1) is 0 Å². The molecule has 0 saturated carbocycles. The minimum atomic E-state index is -4.51. The predicted octanol–water partition coefficient (Wildman–Crippen LogP) is 8.24. The third-order valence-electron chi connectivity index (χ3n) is 6.60. The van der Waals surface area contributed by atoms with Crippen LogP contribution in [0.3, 0.4) is 0 Å². The molecule has 2 atom stereocenters. The van der Waals surface area contributed by atoms with Gasteiger partial charge < -0.3 is 19.3 Å². The van der Waals surface area contributed by atoms with Gasteiger partial charge in [-0.1, -0.05) is 52.0 Å². The predicted molar refractivity (Wildman–Crippen MR) is 144 cm³/mol. The SMILES string of the molecule is CC.CC.COC(=O)CC1COc2cc(OC3CCc4c3ccc(C(F)(F)F)c4-c3ccc(O)cc3)ccc21. The van der Waals surface area contributed by atoms with E-state index in [2.05, 4.69) is 0 Å². The molecule has 1 aliphatic heterocycles. The van der Waals surface area contributed by atoms with Crippen molar-refractivity contribution in [2.75, 3.05) is 13.7 Å². The fourth-order valence-corrected chi connectivity index (χ4v) is 4.93. The van der Waals surface area contributed by atoms with Gasteiger partial charge in [-0.3, -0.25) is 4.79 Å². The number of hydrogen-bond donors (Lipinski definition) is 1. The zero-order valence-electron chi connectivity index (χ0n) is 22.9. The van der Waals surface area contributed by atoms with E-state index in [0.717, 1.165) is 11.6 Å². The lowest BCUT2D eigenvalue weighted by atomic mass is 9.91. The van der Waals surface area contributed by atoms with Crippen molar-refractivity contribution in [2.45, 2.75) is 65.2 Å². The van der Waals surface area contributed by atoms with E-state index in [4.69, 9.17) is 14.2 Å². The number of aromatic hydroxyl groups is 1. The highest BCUT2D eigenvalue weighted by Gasteiger charge is 2.38. The largest absolute Gasteiger partial charge is 0.508 e. The summed E-state index contributed by atoms with van der Waals surface area (Å²) in [4.78, 5) is 11.6. The minimum Gasteiger partial charge on any atom is -0.508 e. The van der Waals surface area contributed by atoms with Crippen LogP contribution in [0.2, 0.25) is 0 Å². The van der Waals surface area contributed by atoms with Crippen LogP contribution >= 0.6 is 0 Å². The Bertz CT molecular complexity index is 1270. The number of carbonyl (C=O) groups excluding carboxylic acids is 1. The minimum absolute atomic E-state index is 0.0104. The highest BCUT2D eigenvalue weighted by Crippen LogP contribution is 2.47. The maximum absolute atomic E-state index is 13.9. The van der Waals surface area contributed by atoms with E-state index in [1.807, 2.05) is 33.8 Å². The zero-order valence-corrected chi connectivity index (χ0v) is 22.9. The molecule has 0 saturated heterocycles. The number of methoxy groups -OCH3 is 1. The molecule has 210 valence electrons. The summed E-state index contributed by atoms with van der Waals surface area (Å²) in [6.45, 7) is 8.37. The number of phenols is 1. The number of phenolic OH excluding ortho intramolecular Hbond substituents is 1. The number of benzene rings is 3. The molecule has 5 rings (SSSR count). The first-order valence-electron chi connectivity index (χ1n) is 13.3. The van der Waals surface area contributed by atoms with Crippen molar-refractivity contribution in [3.05, 3.63) is 76.9 Å². The fraction of sp³-hybridized carbons (Fsp3) is 0.387. The second kappa shape index (κ2) is 12.9. The van der Waals surface area contributed by atoms with Crippen molar-refractivity contribution in [2.24, 2.45) is 0 Å². The summed E-state index contributed by atoms with van der Waals surface area (Å²) >= 11 is 0. The smallest absolute Gasteiger partial charge is 0.417 e. The molecule has 0 aromatic heterocycles. The fourth-order valence-electron chi connectivity index (χ4n) is 4.93. The maximum atomic E-state index is 13.9. The number of fused-ring (bicyclic) bond motifs is 2. The lowest BCUT2D eigenvalue weighted by Crippen LogP contribution is -2.10. The summed E-state index contributed by atoms with van der Waals surface area (Å²) in [6, 6.07) is 13.8. The monoisotopic (exact) mass is 544 g/mol. The van der Waals surface area contributed by atoms with Gasteiger partial charge in [0.05, 0.1) is 25.7 Å². The Hall–Kier alpha value is -3.68. The van der Waals surface area contributed by atoms with E-state index in [-0.39, 0.29) is 29.6 Å². The number of hydrogen-bond acceptors (Lipinski definition) is 5. The molecule has 1 aliphatic carbocycles. The zero-order chi connectivity index (χ0) is 28.7. The number of ether oxygens (including phenoxy) is 3. The van der Waals surface area contributed by atoms with Gasteiger partial charge in [0.1, 0.15) is 23.4 Å². The first kappa shape index (κ1) is 29.9. The van der Waals surface area contributed by atoms with E-state index >= 15 is 0 Å². The van der Waals surface area contributed by atoms with E-state index < -0.39 is 17.8 Å². The number of rotatable bonds is 5. The lowest BCUT2D eigenvalue weighted by molar-refractivity contribution is -0.141. The van der Waals surface area contributed by atoms with Crippen LogP contribution in [0, 0.1) is 0 Å². The first-order chi connectivity index (χ1) is 18.7. The third kappa shape index (κ3) is 6.49. The lowest BCUT2D eigenvalue weighted by Gasteiger charge is -2.20. The molecule has 2 unspecified atom stereocenters. The van der Waals surface area contributed by atoms with Crippen LogP contribution in [0.1, 0.15) is 74.8 Å². The van der Waals surface area contributed by atoms with E-state index in [1.165, 1.54) is 37.4 Å². The molecule has 8 heteroatoms. The van der Waals surface area contributed by atoms with Crippen LogP contribution < -0.4 is 9.47 Å². The molecule has 0 spiro atoms. The number of alkyl halides is 3. The Morgan fingerprint density at radius 1 is 1.00 bits per heavy atom. The average Bonchev–Trinajstić information content (AvgIpc) is 3.54. The van der Waals surface area contributed by atoms with Crippen LogP contribution in [0.25, 0.3) is 11.1 Å². The van der Waals surface area contributed by atoms with Crippen molar-refractivity contribution in [1.82, 2.24) is 0 Å². The van der Waals surface area contributed by atoms with Crippen LogP contribution in [0.15, 0.2) is 54.6 Å². The Morgan fingerprint density at radius 3 is 2.31 bits per heavy atom. The summed E-state index contributed by atoms with van der Waals surface area (Å²) in [5, 5.41) is 9.60. The van der Waals surface area contributed by atoms with Crippen molar-refractivity contribution < 1.29 is 37.3 Å². The molecular weight excluding hydrogens is 509 g/mol. The Labute approximate surface area is 227 Å². The molecule has 1 heterocycles. The molecule has 3 aromatic rings. The normalized spacial score (nSPS) is 16.9. The number of carbonyl (C=O) groups is 1. The quantitative estimate of drug-likeness (QED) is 0.328. The van der Waals surface area contributed by atoms with Crippen LogP contribution in [-0.2, 0) is 22.1 Å². The van der Waals surface area contributed by atoms with Gasteiger partial charge in [0.15, 0.2) is 0 Å². The van der Waals surface area contributed by atoms with Gasteiger partial charge in [-0.25, -0.2) is 0 Å². The summed E-state index contributed by atoms with van der Waals surface area (Å²) in [5.74, 6) is 0.770. The molecule has 3 aromatic carbocycles. The molecule has 2 aliphatic rings. The molecule has 0 fully saturated rings. The summed E-state index contributed by atoms with van der Waals surface area (Å²) < 4.78 is 58.3. The standard InChI is InChI=1S/C27H23F3O5.2C2H6/c1-33-25(32)12-16-14-34-24-13-18(6-7-19(16)24)35-23-11-9-21-20(23)8-10-22(27(28,29)30)26(21)15-2-4-17(31)5-3-15;2*1-2/h2-8,10,13,16,23,31H,9,11-12,14H2,1H3;2*1-2H3. The van der Waals surface area contributed by atoms with Crippen molar-refractivity contribution in [1.29, 1.82) is 0 Å². The Morgan fingerprint density at radius 2 is 1.67 bits per heavy atom. The van der Waals surface area contributed by atoms with E-state index in [0.29, 0.717) is 47.6 Å². The molecule has 1 N–H and O–H groups in total. The molecule has 39 heavy (non-hydrogen) atoms. The van der Waals surface area contributed by atoms with Gasteiger partial charge in [-0.05, 0) is 59.4 Å². The van der Waals surface area contributed by atoms with Crippen LogP contribution in [0.5, 0.6) is 17.2 Å². The Kier molecular flexibility index (Phi) is 9.89. The van der Waals surface area contributed by atoms with Crippen LogP contribution in [0.4, 0.5) is 13.2 Å². The summed E-state index contributed by atoms with van der Waals surface area (Å²) in [6.07, 6.45) is -3.73. The molecule has 5 nitrogen and oxygen atoms in total. The summed E-state index contributed by atoms with van der Waals surface area (Å²) in [7, 11) is 1.35. The van der Waals surface area contributed by atoms with Gasteiger partial charge in [0.25, 0.3) is 0 Å². The van der Waals surface area contributed by atoms with Crippen molar-refractivity contribution in [3.8, 4) is 28.4 Å². The summed E-state index contributed by atoms with van der Waals surface area (Å²) in [5.41, 5.74) is 2.04. The Balaban J connectivity index is 0.00000100. The second-order valence-corrected chi connectivity index (χ2v) is 8.73. The van der Waals surface area contributed by atoms with E-state index in [9.17, 15) is 23.1 Å². The van der Waals surface area contributed by atoms with Gasteiger partial charge >= 0.3 is 12.1 Å². The molecule has 0 amide bonds. The second-order valence-electron chi connectivity index (χ2n) is 8.73. The van der Waals surface area contributed by atoms with Crippen molar-refractivity contribution >= 4 is 5.97 Å². The molecule has 0 radical (unpaired) electrons. The number of esters is 1. The van der Waals surface area contributed by atoms with Crippen molar-refractivity contribution in [3.63, 3.8) is 0 Å². The number of halogens is 3. The molecule has 0 bridgehead atoms. The van der Waals surface area contributed by atoms with Crippen LogP contribution in [-0.4, -0.2) is 24.8 Å². The van der Waals surface area contributed by atoms with Gasteiger partial charge in [0, 0.05) is 17.5 Å². The highest BCUT2D eigenvalue weighted by atomic mass is 19.4. The van der Waals surface area contributed by atoms with E-state index in [1.54, 1.807) is 12.1 Å². The molecular formula is C31H35F3O5. The van der Waals surface area contributed by atoms with Gasteiger partial charge in [-0.2, -0.15) is 13.2 Å². The highest BCUT2D eigenvalue weighted by molar-refractivity contribution is 5.75. The first-order valence-corrected chi connectivity index (χ1v) is 13.3.